The standard InChI is InChI=1S/C17H19NO3/c1-20-10-17(16(18)19)9-15(17)13-5-3-4-11-6-7-12(21-2)8-14(11)13/h3-8,15H,9-10H2,1-2H3,(H2,18,19). The lowest BCUT2D eigenvalue weighted by atomic mass is 9.94. The van der Waals surface area contributed by atoms with Crippen molar-refractivity contribution < 1.29 is 14.3 Å². The number of hydrogen-bond donors (Lipinski definition) is 1. The van der Waals surface area contributed by atoms with E-state index in [4.69, 9.17) is 15.2 Å². The summed E-state index contributed by atoms with van der Waals surface area (Å²) in [5, 5.41) is 2.25. The molecule has 1 fully saturated rings. The number of methoxy groups -OCH3 is 2. The molecule has 2 N–H and O–H groups in total. The van der Waals surface area contributed by atoms with Gasteiger partial charge in [0.25, 0.3) is 0 Å². The summed E-state index contributed by atoms with van der Waals surface area (Å²) in [6.45, 7) is 0.368. The van der Waals surface area contributed by atoms with Gasteiger partial charge in [-0.3, -0.25) is 4.79 Å². The summed E-state index contributed by atoms with van der Waals surface area (Å²) in [5.41, 5.74) is 6.18. The molecular formula is C17H19NO3. The molecule has 1 amide bonds. The van der Waals surface area contributed by atoms with E-state index in [2.05, 4.69) is 12.1 Å². The van der Waals surface area contributed by atoms with Gasteiger partial charge >= 0.3 is 0 Å². The highest BCUT2D eigenvalue weighted by Gasteiger charge is 2.60. The van der Waals surface area contributed by atoms with Gasteiger partial charge in [-0.25, -0.2) is 0 Å². The van der Waals surface area contributed by atoms with Gasteiger partial charge in [0.15, 0.2) is 0 Å². The van der Waals surface area contributed by atoms with E-state index >= 15 is 0 Å². The summed E-state index contributed by atoms with van der Waals surface area (Å²) >= 11 is 0. The third-order valence-corrected chi connectivity index (χ3v) is 4.47. The lowest BCUT2D eigenvalue weighted by Gasteiger charge is -2.14. The number of nitrogens with two attached hydrogens (primary N) is 1. The summed E-state index contributed by atoms with van der Waals surface area (Å²) in [5.74, 6) is 0.645. The predicted molar refractivity (Wildman–Crippen MR) is 81.4 cm³/mol. The maximum Gasteiger partial charge on any atom is 0.226 e. The van der Waals surface area contributed by atoms with Gasteiger partial charge in [-0.05, 0) is 34.9 Å². The second-order valence-corrected chi connectivity index (χ2v) is 5.64. The van der Waals surface area contributed by atoms with Crippen LogP contribution in [0, 0.1) is 5.41 Å². The zero-order valence-electron chi connectivity index (χ0n) is 12.3. The molecule has 2 aromatic rings. The van der Waals surface area contributed by atoms with Crippen LogP contribution in [-0.4, -0.2) is 26.7 Å². The van der Waals surface area contributed by atoms with Gasteiger partial charge in [0.2, 0.25) is 5.91 Å². The van der Waals surface area contributed by atoms with Crippen LogP contribution < -0.4 is 10.5 Å². The van der Waals surface area contributed by atoms with E-state index in [1.807, 2.05) is 24.3 Å². The average Bonchev–Trinajstić information content (AvgIpc) is 3.22. The summed E-state index contributed by atoms with van der Waals surface area (Å²) in [6.07, 6.45) is 0.743. The molecule has 0 aromatic heterocycles. The minimum absolute atomic E-state index is 0.116. The number of benzene rings is 2. The van der Waals surface area contributed by atoms with E-state index in [9.17, 15) is 4.79 Å². The second kappa shape index (κ2) is 5.04. The normalized spacial score (nSPS) is 24.0. The molecular weight excluding hydrogens is 266 g/mol. The van der Waals surface area contributed by atoms with E-state index in [1.54, 1.807) is 14.2 Å². The monoisotopic (exact) mass is 285 g/mol. The Hall–Kier alpha value is -2.07. The molecule has 0 bridgehead atoms. The van der Waals surface area contributed by atoms with Crippen molar-refractivity contribution in [1.29, 1.82) is 0 Å². The van der Waals surface area contributed by atoms with Crippen molar-refractivity contribution >= 4 is 16.7 Å². The first-order chi connectivity index (χ1) is 10.1. The van der Waals surface area contributed by atoms with Gasteiger partial charge in [0.05, 0.1) is 19.1 Å². The summed E-state index contributed by atoms with van der Waals surface area (Å²) in [6, 6.07) is 12.1. The molecule has 21 heavy (non-hydrogen) atoms. The Bertz CT molecular complexity index is 697. The Morgan fingerprint density at radius 3 is 2.81 bits per heavy atom. The molecule has 0 radical (unpaired) electrons. The number of rotatable bonds is 5. The van der Waals surface area contributed by atoms with Gasteiger partial charge in [0.1, 0.15) is 5.75 Å². The molecule has 4 nitrogen and oxygen atoms in total. The number of carbonyl (C=O) groups is 1. The average molecular weight is 285 g/mol. The van der Waals surface area contributed by atoms with E-state index < -0.39 is 5.41 Å². The minimum Gasteiger partial charge on any atom is -0.497 e. The number of primary amides is 1. The molecule has 2 aromatic carbocycles. The molecule has 1 aliphatic rings. The molecule has 0 aliphatic heterocycles. The van der Waals surface area contributed by atoms with Gasteiger partial charge in [-0.15, -0.1) is 0 Å². The Kier molecular flexibility index (Phi) is 3.33. The third kappa shape index (κ3) is 2.16. The maximum atomic E-state index is 11.8. The minimum atomic E-state index is -0.563. The van der Waals surface area contributed by atoms with Crippen LogP contribution in [-0.2, 0) is 9.53 Å². The van der Waals surface area contributed by atoms with Crippen LogP contribution in [0.15, 0.2) is 36.4 Å². The highest BCUT2D eigenvalue weighted by molar-refractivity contribution is 5.92. The van der Waals surface area contributed by atoms with Crippen LogP contribution in [0.4, 0.5) is 0 Å². The highest BCUT2D eigenvalue weighted by Crippen LogP contribution is 2.60. The van der Waals surface area contributed by atoms with Crippen LogP contribution in [0.25, 0.3) is 10.8 Å². The Balaban J connectivity index is 2.07. The van der Waals surface area contributed by atoms with Gasteiger partial charge in [0, 0.05) is 13.0 Å². The Morgan fingerprint density at radius 2 is 2.14 bits per heavy atom. The van der Waals surface area contributed by atoms with Crippen molar-refractivity contribution in [3.05, 3.63) is 42.0 Å². The fourth-order valence-electron chi connectivity index (χ4n) is 3.18. The Labute approximate surface area is 123 Å². The van der Waals surface area contributed by atoms with Crippen molar-refractivity contribution in [1.82, 2.24) is 0 Å². The van der Waals surface area contributed by atoms with Crippen molar-refractivity contribution in [2.75, 3.05) is 20.8 Å². The zero-order chi connectivity index (χ0) is 15.0. The van der Waals surface area contributed by atoms with Crippen molar-refractivity contribution in [2.45, 2.75) is 12.3 Å². The molecule has 0 saturated heterocycles. The first-order valence-corrected chi connectivity index (χ1v) is 6.98. The maximum absolute atomic E-state index is 11.8. The van der Waals surface area contributed by atoms with Crippen LogP contribution >= 0.6 is 0 Å². The second-order valence-electron chi connectivity index (χ2n) is 5.64. The highest BCUT2D eigenvalue weighted by atomic mass is 16.5. The van der Waals surface area contributed by atoms with Crippen LogP contribution in [0.5, 0.6) is 5.75 Å². The number of amides is 1. The molecule has 3 rings (SSSR count). The van der Waals surface area contributed by atoms with E-state index in [0.29, 0.717) is 6.61 Å². The molecule has 1 saturated carbocycles. The molecule has 0 spiro atoms. The van der Waals surface area contributed by atoms with E-state index in [0.717, 1.165) is 28.5 Å². The number of fused-ring (bicyclic) bond motifs is 1. The van der Waals surface area contributed by atoms with E-state index in [1.165, 1.54) is 0 Å². The Morgan fingerprint density at radius 1 is 1.33 bits per heavy atom. The van der Waals surface area contributed by atoms with Crippen molar-refractivity contribution in [2.24, 2.45) is 11.1 Å². The van der Waals surface area contributed by atoms with Crippen molar-refractivity contribution in [3.8, 4) is 5.75 Å². The molecule has 0 heterocycles. The number of ether oxygens (including phenoxy) is 2. The largest absolute Gasteiger partial charge is 0.497 e. The lowest BCUT2D eigenvalue weighted by molar-refractivity contribution is -0.125. The summed E-state index contributed by atoms with van der Waals surface area (Å²) < 4.78 is 10.5. The van der Waals surface area contributed by atoms with Gasteiger partial charge in [-0.1, -0.05) is 24.3 Å². The zero-order valence-corrected chi connectivity index (χ0v) is 12.3. The van der Waals surface area contributed by atoms with Crippen LogP contribution in [0.2, 0.25) is 0 Å². The van der Waals surface area contributed by atoms with E-state index in [-0.39, 0.29) is 11.8 Å². The van der Waals surface area contributed by atoms with Crippen LogP contribution in [0.3, 0.4) is 0 Å². The first kappa shape index (κ1) is 13.9. The topological polar surface area (TPSA) is 61.5 Å². The summed E-state index contributed by atoms with van der Waals surface area (Å²) in [4.78, 5) is 11.8. The van der Waals surface area contributed by atoms with Crippen molar-refractivity contribution in [3.63, 3.8) is 0 Å². The SMILES string of the molecule is COCC1(C(N)=O)CC1c1cccc2ccc(OC)cc12. The number of hydrogen-bond acceptors (Lipinski definition) is 3. The van der Waals surface area contributed by atoms with Gasteiger partial charge in [-0.2, -0.15) is 0 Å². The summed E-state index contributed by atoms with van der Waals surface area (Å²) in [7, 11) is 3.26. The van der Waals surface area contributed by atoms with Gasteiger partial charge < -0.3 is 15.2 Å². The lowest BCUT2D eigenvalue weighted by Crippen LogP contribution is -2.30. The fourth-order valence-corrected chi connectivity index (χ4v) is 3.18. The third-order valence-electron chi connectivity index (χ3n) is 4.47. The predicted octanol–water partition coefficient (Wildman–Crippen LogP) is 2.45. The molecule has 4 heteroatoms. The fraction of sp³-hybridized carbons (Fsp3) is 0.353. The molecule has 1 aliphatic carbocycles. The smallest absolute Gasteiger partial charge is 0.226 e. The molecule has 110 valence electrons. The van der Waals surface area contributed by atoms with Crippen LogP contribution in [0.1, 0.15) is 17.9 Å². The molecule has 2 atom stereocenters. The number of carbonyl (C=O) groups excluding carboxylic acids is 1. The molecule has 2 unspecified atom stereocenters. The quantitative estimate of drug-likeness (QED) is 0.918. The first-order valence-electron chi connectivity index (χ1n) is 6.98.